The van der Waals surface area contributed by atoms with E-state index >= 15 is 0 Å². The van der Waals surface area contributed by atoms with Crippen LogP contribution in [0.15, 0.2) is 36.5 Å². The highest BCUT2D eigenvalue weighted by Crippen LogP contribution is 2.44. The second-order valence-electron chi connectivity index (χ2n) is 7.98. The second-order valence-corrected chi connectivity index (χ2v) is 7.98. The van der Waals surface area contributed by atoms with Crippen molar-refractivity contribution in [1.82, 2.24) is 9.78 Å². The number of carbonyl (C=O) groups is 2. The van der Waals surface area contributed by atoms with Crippen LogP contribution in [-0.2, 0) is 20.9 Å². The van der Waals surface area contributed by atoms with E-state index in [9.17, 15) is 9.59 Å². The molecule has 0 aliphatic heterocycles. The third kappa shape index (κ3) is 4.52. The molecular weight excluding hydrogens is 368 g/mol. The van der Waals surface area contributed by atoms with Crippen molar-refractivity contribution >= 4 is 11.9 Å². The molecule has 6 nitrogen and oxygen atoms in total. The lowest BCUT2D eigenvalue weighted by Gasteiger charge is -2.28. The Kier molecular flexibility index (Phi) is 5.97. The van der Waals surface area contributed by atoms with E-state index in [1.165, 1.54) is 0 Å². The number of carbonyl (C=O) groups excluding carboxylic acids is 2. The molecule has 2 aromatic rings. The molecule has 0 amide bonds. The smallest absolute Gasteiger partial charge is 0.341 e. The van der Waals surface area contributed by atoms with Crippen LogP contribution in [-0.4, -0.2) is 28.3 Å². The first-order valence-corrected chi connectivity index (χ1v) is 10.6. The maximum atomic E-state index is 12.7. The van der Waals surface area contributed by atoms with Gasteiger partial charge in [-0.05, 0) is 51.0 Å². The zero-order valence-corrected chi connectivity index (χ0v) is 16.9. The van der Waals surface area contributed by atoms with Crippen molar-refractivity contribution in [1.29, 1.82) is 0 Å². The molecule has 0 N–H and O–H groups in total. The first kappa shape index (κ1) is 19.7. The molecule has 4 rings (SSSR count). The maximum Gasteiger partial charge on any atom is 0.341 e. The summed E-state index contributed by atoms with van der Waals surface area (Å²) in [5.74, 6) is -0.0118. The summed E-state index contributed by atoms with van der Waals surface area (Å²) in [5, 5.41) is 4.58. The normalized spacial score (nSPS) is 21.6. The average Bonchev–Trinajstić information content (AvgIpc) is 3.50. The number of nitrogens with zero attached hydrogens (tertiary/aromatic N) is 2. The SMILES string of the molecule is CCOC(=O)C1CCC(n2ncc(C(=O)OCc3ccccc3)c2C2CC2)CC1. The van der Waals surface area contributed by atoms with Gasteiger partial charge in [0.15, 0.2) is 0 Å². The molecule has 0 bridgehead atoms. The van der Waals surface area contributed by atoms with E-state index in [0.717, 1.165) is 49.8 Å². The molecule has 1 aromatic carbocycles. The van der Waals surface area contributed by atoms with Gasteiger partial charge in [-0.3, -0.25) is 9.48 Å². The fraction of sp³-hybridized carbons (Fsp3) is 0.522. The molecule has 0 radical (unpaired) electrons. The van der Waals surface area contributed by atoms with Gasteiger partial charge in [0, 0.05) is 5.92 Å². The molecule has 2 saturated carbocycles. The highest BCUT2D eigenvalue weighted by atomic mass is 16.5. The molecule has 2 fully saturated rings. The number of hydrogen-bond acceptors (Lipinski definition) is 5. The summed E-state index contributed by atoms with van der Waals surface area (Å²) in [6.07, 6.45) is 7.21. The van der Waals surface area contributed by atoms with E-state index in [-0.39, 0.29) is 30.5 Å². The molecule has 0 atom stereocenters. The Labute approximate surface area is 171 Å². The van der Waals surface area contributed by atoms with Crippen LogP contribution in [0.3, 0.4) is 0 Å². The van der Waals surface area contributed by atoms with Crippen molar-refractivity contribution in [2.75, 3.05) is 6.61 Å². The summed E-state index contributed by atoms with van der Waals surface area (Å²) >= 11 is 0. The van der Waals surface area contributed by atoms with Gasteiger partial charge in [0.05, 0.1) is 30.5 Å². The van der Waals surface area contributed by atoms with Crippen LogP contribution in [0.1, 0.15) is 79.0 Å². The lowest BCUT2D eigenvalue weighted by molar-refractivity contribution is -0.149. The third-order valence-electron chi connectivity index (χ3n) is 5.89. The Morgan fingerprint density at radius 1 is 1.03 bits per heavy atom. The van der Waals surface area contributed by atoms with Gasteiger partial charge in [-0.1, -0.05) is 30.3 Å². The number of ether oxygens (including phenoxy) is 2. The van der Waals surface area contributed by atoms with E-state index in [2.05, 4.69) is 5.10 Å². The van der Waals surface area contributed by atoms with Gasteiger partial charge in [0.25, 0.3) is 0 Å². The standard InChI is InChI=1S/C23H28N2O4/c1-2-28-22(26)18-10-12-19(13-11-18)25-21(17-8-9-17)20(14-24-25)23(27)29-15-16-6-4-3-5-7-16/h3-7,14,17-19H,2,8-13,15H2,1H3. The lowest BCUT2D eigenvalue weighted by Crippen LogP contribution is -2.26. The summed E-state index contributed by atoms with van der Waals surface area (Å²) in [6.45, 7) is 2.53. The van der Waals surface area contributed by atoms with Crippen LogP contribution in [0, 0.1) is 5.92 Å². The summed E-state index contributed by atoms with van der Waals surface area (Å²) in [7, 11) is 0. The van der Waals surface area contributed by atoms with Crippen molar-refractivity contribution in [3.05, 3.63) is 53.3 Å². The molecule has 6 heteroatoms. The number of hydrogen-bond donors (Lipinski definition) is 0. The summed E-state index contributed by atoms with van der Waals surface area (Å²) in [4.78, 5) is 24.7. The van der Waals surface area contributed by atoms with Gasteiger partial charge in [-0.15, -0.1) is 0 Å². The van der Waals surface area contributed by atoms with Crippen molar-refractivity contribution in [2.45, 2.75) is 64.0 Å². The summed E-state index contributed by atoms with van der Waals surface area (Å²) in [5.41, 5.74) is 2.58. The Balaban J connectivity index is 1.43. The van der Waals surface area contributed by atoms with Crippen LogP contribution < -0.4 is 0 Å². The molecule has 0 saturated heterocycles. The third-order valence-corrected chi connectivity index (χ3v) is 5.89. The highest BCUT2D eigenvalue weighted by molar-refractivity contribution is 5.90. The molecule has 0 unspecified atom stereocenters. The highest BCUT2D eigenvalue weighted by Gasteiger charge is 2.36. The minimum Gasteiger partial charge on any atom is -0.466 e. The molecule has 154 valence electrons. The fourth-order valence-electron chi connectivity index (χ4n) is 4.20. The Morgan fingerprint density at radius 2 is 1.76 bits per heavy atom. The minimum atomic E-state index is -0.304. The van der Waals surface area contributed by atoms with Gasteiger partial charge < -0.3 is 9.47 Å². The summed E-state index contributed by atoms with van der Waals surface area (Å²) < 4.78 is 12.8. The average molecular weight is 396 g/mol. The van der Waals surface area contributed by atoms with Crippen LogP contribution in [0.4, 0.5) is 0 Å². The monoisotopic (exact) mass is 396 g/mol. The van der Waals surface area contributed by atoms with Crippen LogP contribution >= 0.6 is 0 Å². The van der Waals surface area contributed by atoms with E-state index in [1.54, 1.807) is 6.20 Å². The van der Waals surface area contributed by atoms with E-state index < -0.39 is 0 Å². The zero-order valence-electron chi connectivity index (χ0n) is 16.9. The van der Waals surface area contributed by atoms with Crippen molar-refractivity contribution < 1.29 is 19.1 Å². The van der Waals surface area contributed by atoms with Crippen LogP contribution in [0.2, 0.25) is 0 Å². The summed E-state index contributed by atoms with van der Waals surface area (Å²) in [6, 6.07) is 9.93. The number of rotatable bonds is 7. The Morgan fingerprint density at radius 3 is 2.41 bits per heavy atom. The molecule has 2 aliphatic rings. The van der Waals surface area contributed by atoms with Crippen molar-refractivity contribution in [3.8, 4) is 0 Å². The molecule has 0 spiro atoms. The Bertz CT molecular complexity index is 849. The number of esters is 2. The first-order chi connectivity index (χ1) is 14.2. The topological polar surface area (TPSA) is 70.4 Å². The maximum absolute atomic E-state index is 12.7. The minimum absolute atomic E-state index is 0.0126. The van der Waals surface area contributed by atoms with Gasteiger partial charge in [-0.25, -0.2) is 4.79 Å². The number of aromatic nitrogens is 2. The molecule has 1 aromatic heterocycles. The lowest BCUT2D eigenvalue weighted by atomic mass is 9.86. The van der Waals surface area contributed by atoms with Gasteiger partial charge in [0.1, 0.15) is 12.2 Å². The van der Waals surface area contributed by atoms with E-state index in [0.29, 0.717) is 18.1 Å². The van der Waals surface area contributed by atoms with Gasteiger partial charge in [0.2, 0.25) is 0 Å². The fourth-order valence-corrected chi connectivity index (χ4v) is 4.20. The van der Waals surface area contributed by atoms with Crippen molar-refractivity contribution in [3.63, 3.8) is 0 Å². The predicted octanol–water partition coefficient (Wildman–Crippen LogP) is 4.41. The largest absolute Gasteiger partial charge is 0.466 e. The molecular formula is C23H28N2O4. The number of benzene rings is 1. The zero-order chi connectivity index (χ0) is 20.2. The molecule has 29 heavy (non-hydrogen) atoms. The van der Waals surface area contributed by atoms with Crippen LogP contribution in [0.25, 0.3) is 0 Å². The van der Waals surface area contributed by atoms with Gasteiger partial charge >= 0.3 is 11.9 Å². The second kappa shape index (κ2) is 8.80. The first-order valence-electron chi connectivity index (χ1n) is 10.6. The van der Waals surface area contributed by atoms with Crippen LogP contribution in [0.5, 0.6) is 0 Å². The van der Waals surface area contributed by atoms with Gasteiger partial charge in [-0.2, -0.15) is 5.10 Å². The predicted molar refractivity (Wildman–Crippen MR) is 107 cm³/mol. The molecule has 1 heterocycles. The molecule has 2 aliphatic carbocycles. The Hall–Kier alpha value is -2.63. The van der Waals surface area contributed by atoms with E-state index in [4.69, 9.17) is 9.47 Å². The quantitative estimate of drug-likeness (QED) is 0.648. The van der Waals surface area contributed by atoms with Crippen molar-refractivity contribution in [2.24, 2.45) is 5.92 Å². The van der Waals surface area contributed by atoms with E-state index in [1.807, 2.05) is 41.9 Å².